The van der Waals surface area contributed by atoms with E-state index in [2.05, 4.69) is 0 Å². The molecule has 1 rings (SSSR count). The first-order chi connectivity index (χ1) is 8.11. The van der Waals surface area contributed by atoms with E-state index in [1.54, 1.807) is 13.8 Å². The number of benzene rings is 1. The van der Waals surface area contributed by atoms with Crippen molar-refractivity contribution >= 4 is 11.6 Å². The van der Waals surface area contributed by atoms with Gasteiger partial charge < -0.3 is 9.84 Å². The summed E-state index contributed by atoms with van der Waals surface area (Å²) >= 11 is 5.81. The molecule has 1 N–H and O–H groups in total. The molecule has 0 radical (unpaired) electrons. The molecule has 0 amide bonds. The van der Waals surface area contributed by atoms with Gasteiger partial charge in [0.2, 0.25) is 0 Å². The molecule has 0 spiro atoms. The zero-order valence-electron chi connectivity index (χ0n) is 10.2. The van der Waals surface area contributed by atoms with Crippen LogP contribution in [0.3, 0.4) is 0 Å². The molecule has 1 unspecified atom stereocenters. The van der Waals surface area contributed by atoms with Gasteiger partial charge in [-0.3, -0.25) is 0 Å². The second-order valence-corrected chi connectivity index (χ2v) is 4.51. The second kappa shape index (κ2) is 4.97. The van der Waals surface area contributed by atoms with Crippen LogP contribution >= 0.6 is 11.6 Å². The van der Waals surface area contributed by atoms with Crippen LogP contribution in [0.1, 0.15) is 25.0 Å². The van der Waals surface area contributed by atoms with Gasteiger partial charge in [-0.1, -0.05) is 11.6 Å². The van der Waals surface area contributed by atoms with Crippen LogP contribution in [-0.2, 0) is 5.60 Å². The summed E-state index contributed by atoms with van der Waals surface area (Å²) in [4.78, 5) is 0. The SMILES string of the molecule is CCOc1cc(C)c(Cl)cc1C(C)(O)C(F)(F)F. The molecule has 0 bridgehead atoms. The Morgan fingerprint density at radius 3 is 2.33 bits per heavy atom. The standard InChI is InChI=1S/C12H14ClF3O2/c1-4-18-10-5-7(2)9(13)6-8(10)11(3,17)12(14,15)16/h5-6,17H,4H2,1-3H3. The predicted octanol–water partition coefficient (Wildman–Crippen LogP) is 3.82. The van der Waals surface area contributed by atoms with Crippen molar-refractivity contribution in [2.24, 2.45) is 0 Å². The van der Waals surface area contributed by atoms with Crippen molar-refractivity contribution in [3.8, 4) is 5.75 Å². The predicted molar refractivity (Wildman–Crippen MR) is 63.0 cm³/mol. The molecule has 102 valence electrons. The largest absolute Gasteiger partial charge is 0.493 e. The Balaban J connectivity index is 3.43. The lowest BCUT2D eigenvalue weighted by atomic mass is 9.93. The monoisotopic (exact) mass is 282 g/mol. The van der Waals surface area contributed by atoms with Crippen LogP contribution in [-0.4, -0.2) is 17.9 Å². The number of aliphatic hydroxyl groups is 1. The van der Waals surface area contributed by atoms with Crippen LogP contribution in [0.25, 0.3) is 0 Å². The number of rotatable bonds is 3. The summed E-state index contributed by atoms with van der Waals surface area (Å²) in [6.07, 6.45) is -4.81. The number of alkyl halides is 3. The maximum atomic E-state index is 12.8. The lowest BCUT2D eigenvalue weighted by Gasteiger charge is -2.29. The van der Waals surface area contributed by atoms with Gasteiger partial charge in [0.05, 0.1) is 6.61 Å². The quantitative estimate of drug-likeness (QED) is 0.913. The highest BCUT2D eigenvalue weighted by Crippen LogP contribution is 2.43. The maximum Gasteiger partial charge on any atom is 0.421 e. The molecular weight excluding hydrogens is 269 g/mol. The minimum Gasteiger partial charge on any atom is -0.493 e. The summed E-state index contributed by atoms with van der Waals surface area (Å²) in [6, 6.07) is 2.48. The van der Waals surface area contributed by atoms with E-state index in [-0.39, 0.29) is 22.9 Å². The van der Waals surface area contributed by atoms with Crippen LogP contribution < -0.4 is 4.74 Å². The van der Waals surface area contributed by atoms with Crippen LogP contribution in [0.5, 0.6) is 5.75 Å². The van der Waals surface area contributed by atoms with E-state index < -0.39 is 11.8 Å². The molecule has 0 aliphatic heterocycles. The average molecular weight is 283 g/mol. The van der Waals surface area contributed by atoms with Crippen LogP contribution in [0, 0.1) is 6.92 Å². The highest BCUT2D eigenvalue weighted by Gasteiger charge is 2.52. The third-order valence-electron chi connectivity index (χ3n) is 2.64. The summed E-state index contributed by atoms with van der Waals surface area (Å²) in [6.45, 7) is 4.17. The fourth-order valence-corrected chi connectivity index (χ4v) is 1.63. The van der Waals surface area contributed by atoms with E-state index in [4.69, 9.17) is 16.3 Å². The smallest absolute Gasteiger partial charge is 0.421 e. The van der Waals surface area contributed by atoms with Gasteiger partial charge in [-0.15, -0.1) is 0 Å². The average Bonchev–Trinajstić information content (AvgIpc) is 2.21. The molecule has 1 aromatic carbocycles. The summed E-state index contributed by atoms with van der Waals surface area (Å²) in [5, 5.41) is 9.83. The summed E-state index contributed by atoms with van der Waals surface area (Å²) in [5.74, 6) is -0.0123. The van der Waals surface area contributed by atoms with E-state index >= 15 is 0 Å². The van der Waals surface area contributed by atoms with Crippen molar-refractivity contribution < 1.29 is 23.0 Å². The van der Waals surface area contributed by atoms with Gasteiger partial charge in [0, 0.05) is 10.6 Å². The minimum absolute atomic E-state index is 0.0123. The maximum absolute atomic E-state index is 12.8. The van der Waals surface area contributed by atoms with Gasteiger partial charge in [0.25, 0.3) is 0 Å². The number of hydrogen-bond acceptors (Lipinski definition) is 2. The lowest BCUT2D eigenvalue weighted by molar-refractivity contribution is -0.259. The van der Waals surface area contributed by atoms with Gasteiger partial charge in [-0.25, -0.2) is 0 Å². The summed E-state index contributed by atoms with van der Waals surface area (Å²) in [7, 11) is 0. The molecule has 1 aromatic rings. The highest BCUT2D eigenvalue weighted by atomic mass is 35.5. The molecule has 0 fully saturated rings. The Bertz CT molecular complexity index is 442. The molecule has 0 heterocycles. The van der Waals surface area contributed by atoms with Gasteiger partial charge >= 0.3 is 6.18 Å². The zero-order valence-corrected chi connectivity index (χ0v) is 11.0. The van der Waals surface area contributed by atoms with Gasteiger partial charge in [0.15, 0.2) is 5.60 Å². The van der Waals surface area contributed by atoms with Crippen molar-refractivity contribution in [3.05, 3.63) is 28.3 Å². The number of aryl methyl sites for hydroxylation is 1. The van der Waals surface area contributed by atoms with E-state index in [0.717, 1.165) is 6.07 Å². The molecule has 0 aliphatic carbocycles. The van der Waals surface area contributed by atoms with Crippen LogP contribution in [0.2, 0.25) is 5.02 Å². The highest BCUT2D eigenvalue weighted by molar-refractivity contribution is 6.31. The first-order valence-electron chi connectivity index (χ1n) is 5.33. The Hall–Kier alpha value is -0.940. The van der Waals surface area contributed by atoms with Gasteiger partial charge in [-0.05, 0) is 38.5 Å². The first kappa shape index (κ1) is 15.1. The molecule has 18 heavy (non-hydrogen) atoms. The van der Waals surface area contributed by atoms with Gasteiger partial charge in [0.1, 0.15) is 5.75 Å². The van der Waals surface area contributed by atoms with Crippen LogP contribution in [0.15, 0.2) is 12.1 Å². The fraction of sp³-hybridized carbons (Fsp3) is 0.500. The number of hydrogen-bond donors (Lipinski definition) is 1. The fourth-order valence-electron chi connectivity index (χ4n) is 1.46. The van der Waals surface area contributed by atoms with Crippen molar-refractivity contribution in [1.82, 2.24) is 0 Å². The van der Waals surface area contributed by atoms with Crippen molar-refractivity contribution in [3.63, 3.8) is 0 Å². The summed E-state index contributed by atoms with van der Waals surface area (Å²) < 4.78 is 43.6. The van der Waals surface area contributed by atoms with E-state index in [0.29, 0.717) is 12.5 Å². The van der Waals surface area contributed by atoms with Gasteiger partial charge in [-0.2, -0.15) is 13.2 Å². The minimum atomic E-state index is -4.81. The molecule has 0 aliphatic rings. The lowest BCUT2D eigenvalue weighted by Crippen LogP contribution is -2.39. The topological polar surface area (TPSA) is 29.5 Å². The Morgan fingerprint density at radius 1 is 1.33 bits per heavy atom. The van der Waals surface area contributed by atoms with E-state index in [1.807, 2.05) is 0 Å². The Morgan fingerprint density at radius 2 is 1.89 bits per heavy atom. The number of halogens is 4. The Labute approximate surface area is 108 Å². The number of ether oxygens (including phenoxy) is 1. The van der Waals surface area contributed by atoms with Crippen molar-refractivity contribution in [2.45, 2.75) is 32.5 Å². The van der Waals surface area contributed by atoms with Crippen molar-refractivity contribution in [2.75, 3.05) is 6.61 Å². The molecule has 1 atom stereocenters. The molecule has 0 saturated heterocycles. The van der Waals surface area contributed by atoms with Crippen molar-refractivity contribution in [1.29, 1.82) is 0 Å². The van der Waals surface area contributed by atoms with E-state index in [1.165, 1.54) is 6.07 Å². The molecule has 0 saturated carbocycles. The molecule has 0 aromatic heterocycles. The Kier molecular flexibility index (Phi) is 4.18. The van der Waals surface area contributed by atoms with Crippen LogP contribution in [0.4, 0.5) is 13.2 Å². The normalized spacial score (nSPS) is 15.3. The second-order valence-electron chi connectivity index (χ2n) is 4.10. The van der Waals surface area contributed by atoms with E-state index in [9.17, 15) is 18.3 Å². The summed E-state index contributed by atoms with van der Waals surface area (Å²) in [5.41, 5.74) is -2.80. The molecule has 2 nitrogen and oxygen atoms in total. The third-order valence-corrected chi connectivity index (χ3v) is 3.04. The third kappa shape index (κ3) is 2.72. The molecular formula is C12H14ClF3O2. The zero-order chi connectivity index (χ0) is 14.1. The molecule has 6 heteroatoms. The first-order valence-corrected chi connectivity index (χ1v) is 5.71.